The van der Waals surface area contributed by atoms with Crippen LogP contribution in [0.4, 0.5) is 5.69 Å². The summed E-state index contributed by atoms with van der Waals surface area (Å²) < 4.78 is 5.49. The van der Waals surface area contributed by atoms with Gasteiger partial charge >= 0.3 is 0 Å². The third-order valence-electron chi connectivity index (χ3n) is 5.61. The third-order valence-corrected chi connectivity index (χ3v) is 5.61. The summed E-state index contributed by atoms with van der Waals surface area (Å²) in [6.45, 7) is 6.52. The molecule has 1 aromatic heterocycles. The molecule has 33 heavy (non-hydrogen) atoms. The van der Waals surface area contributed by atoms with Gasteiger partial charge in [-0.15, -0.1) is 0 Å². The van der Waals surface area contributed by atoms with Crippen LogP contribution in [0, 0.1) is 0 Å². The number of para-hydroxylation sites is 1. The zero-order valence-corrected chi connectivity index (χ0v) is 19.3. The molecule has 0 atom stereocenters. The zero-order chi connectivity index (χ0) is 23.6. The normalized spacial score (nSPS) is 14.1. The highest BCUT2D eigenvalue weighted by atomic mass is 16.5. The fourth-order valence-corrected chi connectivity index (χ4v) is 3.79. The molecule has 0 unspecified atom stereocenters. The molecule has 2 aromatic carbocycles. The van der Waals surface area contributed by atoms with E-state index in [1.165, 1.54) is 10.5 Å². The Morgan fingerprint density at radius 1 is 0.909 bits per heavy atom. The van der Waals surface area contributed by atoms with Crippen molar-refractivity contribution in [2.75, 3.05) is 12.4 Å². The Bertz CT molecular complexity index is 1210. The van der Waals surface area contributed by atoms with E-state index < -0.39 is 5.91 Å². The van der Waals surface area contributed by atoms with Crippen molar-refractivity contribution < 1.29 is 14.3 Å². The van der Waals surface area contributed by atoms with Crippen LogP contribution in [0.2, 0.25) is 0 Å². The summed E-state index contributed by atoms with van der Waals surface area (Å²) in [5, 5.41) is 3.21. The number of nitrogens with one attached hydrogen (secondary N) is 1. The van der Waals surface area contributed by atoms with Crippen molar-refractivity contribution >= 4 is 23.1 Å². The monoisotopic (exact) mass is 441 g/mol. The minimum absolute atomic E-state index is 0.0129. The standard InChI is InChI=1S/C27H27N3O3/c1-27(2,3)18-12-14-19(15-13-18)29-24-23(21-10-5-6-11-22(21)33-4)25(31)30(26(24)32)17-20-9-7-8-16-28-20/h5-16,29H,17H2,1-4H3. The highest BCUT2D eigenvalue weighted by molar-refractivity contribution is 6.36. The van der Waals surface area contributed by atoms with Crippen LogP contribution < -0.4 is 10.1 Å². The molecule has 0 spiro atoms. The van der Waals surface area contributed by atoms with Gasteiger partial charge in [0.2, 0.25) is 0 Å². The minimum atomic E-state index is -0.397. The van der Waals surface area contributed by atoms with E-state index in [4.69, 9.17) is 4.74 Å². The number of amides is 2. The van der Waals surface area contributed by atoms with E-state index >= 15 is 0 Å². The van der Waals surface area contributed by atoms with Crippen molar-refractivity contribution in [1.29, 1.82) is 0 Å². The number of hydrogen-bond donors (Lipinski definition) is 1. The highest BCUT2D eigenvalue weighted by Gasteiger charge is 2.40. The predicted molar refractivity (Wildman–Crippen MR) is 128 cm³/mol. The number of imide groups is 1. The molecule has 3 aromatic rings. The molecule has 1 aliphatic rings. The molecular weight excluding hydrogens is 414 g/mol. The molecule has 2 amide bonds. The number of carbonyl (C=O) groups excluding carboxylic acids is 2. The van der Waals surface area contributed by atoms with Gasteiger partial charge in [-0.3, -0.25) is 19.5 Å². The number of methoxy groups -OCH3 is 1. The molecule has 0 bridgehead atoms. The second-order valence-electron chi connectivity index (χ2n) is 8.92. The molecule has 6 heteroatoms. The van der Waals surface area contributed by atoms with Crippen LogP contribution in [0.3, 0.4) is 0 Å². The quantitative estimate of drug-likeness (QED) is 0.558. The summed E-state index contributed by atoms with van der Waals surface area (Å²) in [4.78, 5) is 32.4. The van der Waals surface area contributed by atoms with Crippen LogP contribution >= 0.6 is 0 Å². The Morgan fingerprint density at radius 3 is 2.24 bits per heavy atom. The maximum atomic E-state index is 13.5. The summed E-state index contributed by atoms with van der Waals surface area (Å²) >= 11 is 0. The number of nitrogens with zero attached hydrogens (tertiary/aromatic N) is 2. The molecule has 4 rings (SSSR count). The number of pyridine rings is 1. The number of aromatic nitrogens is 1. The number of rotatable bonds is 6. The molecule has 168 valence electrons. The number of ether oxygens (including phenoxy) is 1. The Morgan fingerprint density at radius 2 is 1.61 bits per heavy atom. The van der Waals surface area contributed by atoms with Crippen LogP contribution in [0.1, 0.15) is 37.6 Å². The number of benzene rings is 2. The molecule has 0 saturated carbocycles. The van der Waals surface area contributed by atoms with Gasteiger partial charge in [0.25, 0.3) is 11.8 Å². The van der Waals surface area contributed by atoms with E-state index in [1.54, 1.807) is 37.6 Å². The van der Waals surface area contributed by atoms with E-state index in [2.05, 4.69) is 31.1 Å². The van der Waals surface area contributed by atoms with Gasteiger partial charge in [-0.2, -0.15) is 0 Å². The first kappa shape index (κ1) is 22.3. The van der Waals surface area contributed by atoms with Crippen LogP contribution in [0.15, 0.2) is 78.6 Å². The maximum Gasteiger partial charge on any atom is 0.278 e. The minimum Gasteiger partial charge on any atom is -0.496 e. The largest absolute Gasteiger partial charge is 0.496 e. The summed E-state index contributed by atoms with van der Waals surface area (Å²) in [5.41, 5.74) is 3.63. The van der Waals surface area contributed by atoms with Crippen molar-refractivity contribution in [2.24, 2.45) is 0 Å². The molecule has 6 nitrogen and oxygen atoms in total. The lowest BCUT2D eigenvalue weighted by molar-refractivity contribution is -0.137. The smallest absolute Gasteiger partial charge is 0.278 e. The van der Waals surface area contributed by atoms with Crippen molar-refractivity contribution in [3.63, 3.8) is 0 Å². The summed E-state index contributed by atoms with van der Waals surface area (Å²) in [7, 11) is 1.55. The van der Waals surface area contributed by atoms with Crippen LogP contribution in [0.5, 0.6) is 5.75 Å². The topological polar surface area (TPSA) is 71.5 Å². The molecule has 1 N–H and O–H groups in total. The second-order valence-corrected chi connectivity index (χ2v) is 8.92. The molecule has 0 aliphatic carbocycles. The van der Waals surface area contributed by atoms with Gasteiger partial charge in [0.1, 0.15) is 11.4 Å². The fraction of sp³-hybridized carbons (Fsp3) is 0.222. The van der Waals surface area contributed by atoms with E-state index in [9.17, 15) is 9.59 Å². The molecular formula is C27H27N3O3. The van der Waals surface area contributed by atoms with Crippen molar-refractivity contribution in [3.8, 4) is 5.75 Å². The van der Waals surface area contributed by atoms with Gasteiger partial charge in [0, 0.05) is 17.4 Å². The Labute approximate surface area is 193 Å². The van der Waals surface area contributed by atoms with Crippen LogP contribution in [-0.4, -0.2) is 28.8 Å². The zero-order valence-electron chi connectivity index (χ0n) is 19.3. The average molecular weight is 442 g/mol. The number of hydrogen-bond acceptors (Lipinski definition) is 5. The Kier molecular flexibility index (Phi) is 6.01. The van der Waals surface area contributed by atoms with Gasteiger partial charge in [-0.25, -0.2) is 0 Å². The third kappa shape index (κ3) is 4.51. The van der Waals surface area contributed by atoms with Crippen molar-refractivity contribution in [3.05, 3.63) is 95.4 Å². The average Bonchev–Trinajstić information content (AvgIpc) is 3.03. The second kappa shape index (κ2) is 8.90. The van der Waals surface area contributed by atoms with E-state index in [-0.39, 0.29) is 29.1 Å². The maximum absolute atomic E-state index is 13.5. The van der Waals surface area contributed by atoms with Gasteiger partial charge < -0.3 is 10.1 Å². The SMILES string of the molecule is COc1ccccc1C1=C(Nc2ccc(C(C)(C)C)cc2)C(=O)N(Cc2ccccn2)C1=O. The molecule has 0 saturated heterocycles. The predicted octanol–water partition coefficient (Wildman–Crippen LogP) is 4.78. The van der Waals surface area contributed by atoms with Crippen molar-refractivity contribution in [2.45, 2.75) is 32.7 Å². The Balaban J connectivity index is 1.75. The van der Waals surface area contributed by atoms with Crippen molar-refractivity contribution in [1.82, 2.24) is 9.88 Å². The van der Waals surface area contributed by atoms with E-state index in [1.807, 2.05) is 42.5 Å². The van der Waals surface area contributed by atoms with Crippen LogP contribution in [-0.2, 0) is 21.5 Å². The summed E-state index contributed by atoms with van der Waals surface area (Å²) in [6.07, 6.45) is 1.64. The Hall–Kier alpha value is -3.93. The highest BCUT2D eigenvalue weighted by Crippen LogP contribution is 2.36. The van der Waals surface area contributed by atoms with Gasteiger partial charge in [-0.1, -0.05) is 57.2 Å². The summed E-state index contributed by atoms with van der Waals surface area (Å²) in [6, 6.07) is 20.5. The van der Waals surface area contributed by atoms with E-state index in [0.29, 0.717) is 17.0 Å². The summed E-state index contributed by atoms with van der Waals surface area (Å²) in [5.74, 6) is -0.258. The first-order chi connectivity index (χ1) is 15.8. The first-order valence-electron chi connectivity index (χ1n) is 10.8. The molecule has 1 aliphatic heterocycles. The van der Waals surface area contributed by atoms with Crippen LogP contribution in [0.25, 0.3) is 5.57 Å². The lowest BCUT2D eigenvalue weighted by atomic mass is 9.87. The van der Waals surface area contributed by atoms with Gasteiger partial charge in [0.15, 0.2) is 0 Å². The first-order valence-corrected chi connectivity index (χ1v) is 10.8. The van der Waals surface area contributed by atoms with E-state index in [0.717, 1.165) is 5.69 Å². The lowest BCUT2D eigenvalue weighted by Gasteiger charge is -2.19. The lowest BCUT2D eigenvalue weighted by Crippen LogP contribution is -2.32. The van der Waals surface area contributed by atoms with Gasteiger partial charge in [-0.05, 0) is 41.3 Å². The molecule has 2 heterocycles. The number of anilines is 1. The molecule has 0 fully saturated rings. The molecule has 0 radical (unpaired) electrons. The fourth-order valence-electron chi connectivity index (χ4n) is 3.79. The number of carbonyl (C=O) groups is 2. The van der Waals surface area contributed by atoms with Gasteiger partial charge in [0.05, 0.1) is 24.9 Å².